The van der Waals surface area contributed by atoms with Crippen molar-refractivity contribution in [3.8, 4) is 0 Å². The molecular formula is C21H20ClFN4O2. The molecule has 2 aromatic carbocycles. The molecule has 1 aliphatic heterocycles. The number of rotatable bonds is 5. The number of likely N-dealkylation sites (tertiary alicyclic amines) is 1. The lowest BCUT2D eigenvalue weighted by Crippen LogP contribution is -2.39. The second-order valence-corrected chi connectivity index (χ2v) is 7.46. The Balaban J connectivity index is 1.60. The van der Waals surface area contributed by atoms with E-state index >= 15 is 0 Å². The highest BCUT2D eigenvalue weighted by Gasteiger charge is 2.28. The first-order valence-electron chi connectivity index (χ1n) is 9.50. The highest BCUT2D eigenvalue weighted by molar-refractivity contribution is 6.31. The number of hydrogen-bond acceptors (Lipinski definition) is 4. The van der Waals surface area contributed by atoms with Gasteiger partial charge >= 0.3 is 0 Å². The molecule has 0 bridgehead atoms. The smallest absolute Gasteiger partial charge is 0.275 e. The molecule has 1 saturated heterocycles. The van der Waals surface area contributed by atoms with E-state index < -0.39 is 23.2 Å². The van der Waals surface area contributed by atoms with Crippen molar-refractivity contribution >= 4 is 28.4 Å². The van der Waals surface area contributed by atoms with E-state index in [1.807, 2.05) is 0 Å². The van der Waals surface area contributed by atoms with Gasteiger partial charge in [0.05, 0.1) is 11.6 Å². The van der Waals surface area contributed by atoms with Crippen LogP contribution in [0.4, 0.5) is 4.39 Å². The monoisotopic (exact) mass is 414 g/mol. The van der Waals surface area contributed by atoms with Crippen molar-refractivity contribution in [2.75, 3.05) is 19.6 Å². The van der Waals surface area contributed by atoms with E-state index in [0.29, 0.717) is 21.5 Å². The van der Waals surface area contributed by atoms with Crippen LogP contribution in [-0.2, 0) is 0 Å². The zero-order chi connectivity index (χ0) is 20.4. The lowest BCUT2D eigenvalue weighted by molar-refractivity contribution is 0.0930. The minimum Gasteiger partial charge on any atom is -0.349 e. The summed E-state index contributed by atoms with van der Waals surface area (Å²) in [5.74, 6) is -1.01. The summed E-state index contributed by atoms with van der Waals surface area (Å²) >= 11 is 6.28. The van der Waals surface area contributed by atoms with Gasteiger partial charge in [0, 0.05) is 22.5 Å². The molecule has 2 N–H and O–H groups in total. The number of carbonyl (C=O) groups is 1. The predicted octanol–water partition coefficient (Wildman–Crippen LogP) is 3.28. The molecular weight excluding hydrogens is 395 g/mol. The number of halogens is 2. The van der Waals surface area contributed by atoms with Gasteiger partial charge in [0.2, 0.25) is 5.43 Å². The number of fused-ring (bicyclic) bond motifs is 1. The standard InChI is InChI=1S/C21H20ClFN4O2/c22-14-7-5-8-15(23)18(14)17(27-10-3-4-11-27)12-24-21(29)19-20(28)13-6-1-2-9-16(13)25-26-19/h1-2,5-9,17H,3-4,10-12H2,(H,24,29)(H,25,28). The SMILES string of the molecule is O=C(NCC(c1c(F)cccc1Cl)N1CCCC1)c1n[nH]c2ccccc2c1=O. The third-order valence-corrected chi connectivity index (χ3v) is 5.59. The highest BCUT2D eigenvalue weighted by atomic mass is 35.5. The molecule has 1 aliphatic rings. The molecule has 0 saturated carbocycles. The molecule has 0 aliphatic carbocycles. The molecule has 150 valence electrons. The minimum atomic E-state index is -0.603. The van der Waals surface area contributed by atoms with Crippen LogP contribution in [0.2, 0.25) is 5.02 Å². The summed E-state index contributed by atoms with van der Waals surface area (Å²) in [5, 5.41) is 10.1. The van der Waals surface area contributed by atoms with E-state index in [9.17, 15) is 14.0 Å². The Morgan fingerprint density at radius 2 is 1.97 bits per heavy atom. The van der Waals surface area contributed by atoms with Crippen molar-refractivity contribution in [2.24, 2.45) is 0 Å². The molecule has 4 rings (SSSR count). The molecule has 0 radical (unpaired) electrons. The summed E-state index contributed by atoms with van der Waals surface area (Å²) in [6, 6.07) is 11.0. The lowest BCUT2D eigenvalue weighted by atomic mass is 10.0. The molecule has 2 heterocycles. The fraction of sp³-hybridized carbons (Fsp3) is 0.286. The Labute approximate surface area is 171 Å². The van der Waals surface area contributed by atoms with Gasteiger partial charge in [-0.3, -0.25) is 19.6 Å². The Bertz CT molecular complexity index is 1090. The fourth-order valence-electron chi connectivity index (χ4n) is 3.80. The average molecular weight is 415 g/mol. The van der Waals surface area contributed by atoms with E-state index in [2.05, 4.69) is 20.4 Å². The van der Waals surface area contributed by atoms with E-state index in [4.69, 9.17) is 11.6 Å². The Morgan fingerprint density at radius 1 is 1.21 bits per heavy atom. The van der Waals surface area contributed by atoms with Crippen LogP contribution in [0.1, 0.15) is 34.9 Å². The summed E-state index contributed by atoms with van der Waals surface area (Å²) in [6.45, 7) is 1.70. The van der Waals surface area contributed by atoms with Gasteiger partial charge in [0.1, 0.15) is 5.82 Å². The first-order chi connectivity index (χ1) is 14.1. The van der Waals surface area contributed by atoms with Crippen molar-refractivity contribution in [2.45, 2.75) is 18.9 Å². The van der Waals surface area contributed by atoms with Crippen LogP contribution in [0.15, 0.2) is 47.3 Å². The molecule has 1 unspecified atom stereocenters. The fourth-order valence-corrected chi connectivity index (χ4v) is 4.09. The number of carbonyl (C=O) groups excluding carboxylic acids is 1. The van der Waals surface area contributed by atoms with E-state index in [0.717, 1.165) is 25.9 Å². The van der Waals surface area contributed by atoms with Gasteiger partial charge in [-0.2, -0.15) is 5.10 Å². The summed E-state index contributed by atoms with van der Waals surface area (Å²) < 4.78 is 14.5. The van der Waals surface area contributed by atoms with Crippen molar-refractivity contribution < 1.29 is 9.18 Å². The maximum atomic E-state index is 14.5. The number of hydrogen-bond donors (Lipinski definition) is 2. The van der Waals surface area contributed by atoms with Gasteiger partial charge in [-0.25, -0.2) is 4.39 Å². The molecule has 0 spiro atoms. The summed E-state index contributed by atoms with van der Waals surface area (Å²) in [6.07, 6.45) is 2.00. The quantitative estimate of drug-likeness (QED) is 0.671. The Hall–Kier alpha value is -2.77. The van der Waals surface area contributed by atoms with Gasteiger partial charge in [-0.1, -0.05) is 29.8 Å². The summed E-state index contributed by atoms with van der Waals surface area (Å²) in [4.78, 5) is 27.4. The molecule has 29 heavy (non-hydrogen) atoms. The zero-order valence-electron chi connectivity index (χ0n) is 15.6. The molecule has 8 heteroatoms. The van der Waals surface area contributed by atoms with Crippen LogP contribution in [0.5, 0.6) is 0 Å². The van der Waals surface area contributed by atoms with Gasteiger partial charge < -0.3 is 5.32 Å². The number of aromatic nitrogens is 2. The molecule has 1 fully saturated rings. The van der Waals surface area contributed by atoms with Gasteiger partial charge in [-0.15, -0.1) is 0 Å². The highest BCUT2D eigenvalue weighted by Crippen LogP contribution is 2.32. The second kappa shape index (κ2) is 8.31. The van der Waals surface area contributed by atoms with Gasteiger partial charge in [-0.05, 0) is 50.2 Å². The Morgan fingerprint density at radius 3 is 2.72 bits per heavy atom. The molecule has 1 aromatic heterocycles. The molecule has 6 nitrogen and oxygen atoms in total. The maximum Gasteiger partial charge on any atom is 0.275 e. The third kappa shape index (κ3) is 3.88. The van der Waals surface area contributed by atoms with Crippen LogP contribution < -0.4 is 10.7 Å². The van der Waals surface area contributed by atoms with Crippen molar-refractivity contribution in [3.05, 3.63) is 74.8 Å². The van der Waals surface area contributed by atoms with E-state index in [-0.39, 0.29) is 12.2 Å². The van der Waals surface area contributed by atoms with Gasteiger partial charge in [0.15, 0.2) is 5.69 Å². The van der Waals surface area contributed by atoms with Crippen LogP contribution >= 0.6 is 11.6 Å². The number of nitrogens with one attached hydrogen (secondary N) is 2. The zero-order valence-corrected chi connectivity index (χ0v) is 16.4. The first kappa shape index (κ1) is 19.5. The topological polar surface area (TPSA) is 78.1 Å². The van der Waals surface area contributed by atoms with Crippen LogP contribution in [0.3, 0.4) is 0 Å². The summed E-state index contributed by atoms with van der Waals surface area (Å²) in [7, 11) is 0. The molecule has 3 aromatic rings. The van der Waals surface area contributed by atoms with E-state index in [1.54, 1.807) is 36.4 Å². The molecule has 1 amide bonds. The number of para-hydroxylation sites is 1. The maximum absolute atomic E-state index is 14.5. The number of nitrogens with zero attached hydrogens (tertiary/aromatic N) is 2. The van der Waals surface area contributed by atoms with E-state index in [1.165, 1.54) is 6.07 Å². The summed E-state index contributed by atoms with van der Waals surface area (Å²) in [5.41, 5.74) is 0.251. The first-order valence-corrected chi connectivity index (χ1v) is 9.87. The predicted molar refractivity (Wildman–Crippen MR) is 110 cm³/mol. The average Bonchev–Trinajstić information content (AvgIpc) is 3.25. The number of aromatic amines is 1. The Kier molecular flexibility index (Phi) is 5.60. The van der Waals surface area contributed by atoms with Crippen LogP contribution in [-0.4, -0.2) is 40.6 Å². The normalized spacial score (nSPS) is 15.5. The number of amides is 1. The van der Waals surface area contributed by atoms with Crippen molar-refractivity contribution in [1.82, 2.24) is 20.4 Å². The minimum absolute atomic E-state index is 0.118. The third-order valence-electron chi connectivity index (χ3n) is 5.26. The number of benzene rings is 2. The van der Waals surface area contributed by atoms with Gasteiger partial charge in [0.25, 0.3) is 5.91 Å². The largest absolute Gasteiger partial charge is 0.349 e. The number of H-pyrrole nitrogens is 1. The van der Waals surface area contributed by atoms with Crippen molar-refractivity contribution in [3.63, 3.8) is 0 Å². The van der Waals surface area contributed by atoms with Crippen LogP contribution in [0, 0.1) is 5.82 Å². The molecule has 1 atom stereocenters. The lowest BCUT2D eigenvalue weighted by Gasteiger charge is -2.29. The van der Waals surface area contributed by atoms with Crippen LogP contribution in [0.25, 0.3) is 10.9 Å². The second-order valence-electron chi connectivity index (χ2n) is 7.05. The van der Waals surface area contributed by atoms with Crippen molar-refractivity contribution in [1.29, 1.82) is 0 Å².